The molecule has 16 heavy (non-hydrogen) atoms. The molecule has 3 heteroatoms. The van der Waals surface area contributed by atoms with Crippen molar-refractivity contribution in [2.75, 3.05) is 6.61 Å². The van der Waals surface area contributed by atoms with Gasteiger partial charge in [-0.25, -0.2) is 4.79 Å². The van der Waals surface area contributed by atoms with E-state index >= 15 is 0 Å². The lowest BCUT2D eigenvalue weighted by Gasteiger charge is -2.25. The molecular weight excluding hydrogens is 202 g/mol. The van der Waals surface area contributed by atoms with Gasteiger partial charge in [0.25, 0.3) is 0 Å². The third-order valence-corrected chi connectivity index (χ3v) is 3.48. The van der Waals surface area contributed by atoms with Crippen molar-refractivity contribution in [1.29, 1.82) is 0 Å². The molecule has 0 heterocycles. The predicted octanol–water partition coefficient (Wildman–Crippen LogP) is 3.48. The highest BCUT2D eigenvalue weighted by atomic mass is 16.5. The van der Waals surface area contributed by atoms with Gasteiger partial charge in [-0.05, 0) is 24.7 Å². The predicted molar refractivity (Wildman–Crippen MR) is 65.4 cm³/mol. The van der Waals surface area contributed by atoms with Crippen molar-refractivity contribution in [3.63, 3.8) is 0 Å². The van der Waals surface area contributed by atoms with Crippen LogP contribution in [0.1, 0.15) is 59.3 Å². The topological polar surface area (TPSA) is 38.3 Å². The van der Waals surface area contributed by atoms with E-state index in [0.717, 1.165) is 19.3 Å². The van der Waals surface area contributed by atoms with Gasteiger partial charge in [-0.1, -0.05) is 40.0 Å². The molecule has 0 atom stereocenters. The normalized spacial score (nSPS) is 18.2. The molecule has 1 N–H and O–H groups in total. The summed E-state index contributed by atoms with van der Waals surface area (Å²) in [5, 5.41) is 2.95. The van der Waals surface area contributed by atoms with Gasteiger partial charge in [-0.2, -0.15) is 0 Å². The first-order valence-corrected chi connectivity index (χ1v) is 6.47. The second kappa shape index (κ2) is 6.12. The van der Waals surface area contributed by atoms with Crippen molar-refractivity contribution < 1.29 is 9.53 Å². The number of hydrogen-bond donors (Lipinski definition) is 1. The van der Waals surface area contributed by atoms with Gasteiger partial charge in [0.15, 0.2) is 0 Å². The van der Waals surface area contributed by atoms with E-state index < -0.39 is 0 Å². The average molecular weight is 227 g/mol. The van der Waals surface area contributed by atoms with Crippen LogP contribution in [-0.4, -0.2) is 18.7 Å². The number of carbonyl (C=O) groups is 1. The fourth-order valence-electron chi connectivity index (χ4n) is 1.82. The minimum Gasteiger partial charge on any atom is -0.449 e. The summed E-state index contributed by atoms with van der Waals surface area (Å²) in [5.41, 5.74) is 0.0872. The molecular formula is C13H25NO2. The molecule has 0 saturated heterocycles. The van der Waals surface area contributed by atoms with Gasteiger partial charge < -0.3 is 10.1 Å². The second-order valence-corrected chi connectivity index (χ2v) is 5.57. The molecule has 1 saturated carbocycles. The highest BCUT2D eigenvalue weighted by molar-refractivity contribution is 5.67. The molecule has 0 aromatic rings. The maximum Gasteiger partial charge on any atom is 0.407 e. The van der Waals surface area contributed by atoms with E-state index in [1.54, 1.807) is 0 Å². The lowest BCUT2D eigenvalue weighted by Crippen LogP contribution is -2.37. The number of ether oxygens (including phenoxy) is 1. The summed E-state index contributed by atoms with van der Waals surface area (Å²) in [5.74, 6) is 0. The summed E-state index contributed by atoms with van der Waals surface area (Å²) < 4.78 is 5.25. The molecule has 0 unspecified atom stereocenters. The first-order valence-electron chi connectivity index (χ1n) is 6.47. The maximum atomic E-state index is 11.5. The van der Waals surface area contributed by atoms with Crippen molar-refractivity contribution in [3.05, 3.63) is 0 Å². The molecule has 0 bridgehead atoms. The van der Waals surface area contributed by atoms with E-state index in [4.69, 9.17) is 4.74 Å². The van der Waals surface area contributed by atoms with Gasteiger partial charge in [0.1, 0.15) is 0 Å². The van der Waals surface area contributed by atoms with Gasteiger partial charge in [-0.3, -0.25) is 0 Å². The highest BCUT2D eigenvalue weighted by Crippen LogP contribution is 2.20. The molecule has 1 aliphatic carbocycles. The van der Waals surface area contributed by atoms with Crippen molar-refractivity contribution in [2.24, 2.45) is 5.41 Å². The molecule has 0 aromatic carbocycles. The summed E-state index contributed by atoms with van der Waals surface area (Å²) in [6.07, 6.45) is 6.74. The number of amides is 1. The first kappa shape index (κ1) is 13.3. The Morgan fingerprint density at radius 3 is 2.50 bits per heavy atom. The van der Waals surface area contributed by atoms with E-state index in [2.05, 4.69) is 26.1 Å². The number of hydrogen-bond acceptors (Lipinski definition) is 2. The summed E-state index contributed by atoms with van der Waals surface area (Å²) in [6.45, 7) is 6.84. The van der Waals surface area contributed by atoms with Crippen molar-refractivity contribution in [1.82, 2.24) is 5.32 Å². The summed E-state index contributed by atoms with van der Waals surface area (Å²) >= 11 is 0. The Kier molecular flexibility index (Phi) is 5.10. The Bertz CT molecular complexity index is 220. The van der Waals surface area contributed by atoms with Crippen molar-refractivity contribution in [2.45, 2.75) is 65.3 Å². The maximum absolute atomic E-state index is 11.5. The number of alkyl carbamates (subject to hydrolysis) is 1. The van der Waals surface area contributed by atoms with E-state index in [9.17, 15) is 4.79 Å². The van der Waals surface area contributed by atoms with Crippen LogP contribution in [-0.2, 0) is 4.74 Å². The third-order valence-electron chi connectivity index (χ3n) is 3.48. The van der Waals surface area contributed by atoms with Crippen LogP contribution in [0.2, 0.25) is 0 Å². The number of carbonyl (C=O) groups excluding carboxylic acids is 1. The first-order chi connectivity index (χ1) is 7.53. The Morgan fingerprint density at radius 2 is 1.94 bits per heavy atom. The largest absolute Gasteiger partial charge is 0.449 e. The molecule has 1 rings (SSSR count). The molecule has 3 nitrogen and oxygen atoms in total. The van der Waals surface area contributed by atoms with E-state index in [-0.39, 0.29) is 11.5 Å². The molecule has 0 aliphatic heterocycles. The quantitative estimate of drug-likeness (QED) is 0.798. The minimum atomic E-state index is -0.242. The van der Waals surface area contributed by atoms with Gasteiger partial charge in [0.2, 0.25) is 0 Å². The van der Waals surface area contributed by atoms with Crippen LogP contribution in [0.5, 0.6) is 0 Å². The number of rotatable bonds is 4. The van der Waals surface area contributed by atoms with Gasteiger partial charge >= 0.3 is 6.09 Å². The fourth-order valence-corrected chi connectivity index (χ4v) is 1.82. The van der Waals surface area contributed by atoms with Crippen molar-refractivity contribution >= 4 is 6.09 Å². The standard InChI is InChI=1S/C13H25NO2/c1-4-13(2,3)10-16-12(15)14-11-8-6-5-7-9-11/h11H,4-10H2,1-3H3,(H,14,15). The van der Waals surface area contributed by atoms with Crippen molar-refractivity contribution in [3.8, 4) is 0 Å². The van der Waals surface area contributed by atoms with Crippen LogP contribution in [0.4, 0.5) is 4.79 Å². The second-order valence-electron chi connectivity index (χ2n) is 5.57. The average Bonchev–Trinajstić information content (AvgIpc) is 2.28. The number of nitrogens with one attached hydrogen (secondary N) is 1. The molecule has 0 spiro atoms. The lowest BCUT2D eigenvalue weighted by atomic mass is 9.92. The van der Waals surface area contributed by atoms with E-state index in [1.165, 1.54) is 19.3 Å². The van der Waals surface area contributed by atoms with Crippen LogP contribution in [0.3, 0.4) is 0 Å². The Morgan fingerprint density at radius 1 is 1.31 bits per heavy atom. The molecule has 1 amide bonds. The lowest BCUT2D eigenvalue weighted by molar-refractivity contribution is 0.0927. The molecule has 0 radical (unpaired) electrons. The molecule has 0 aromatic heterocycles. The Balaban J connectivity index is 2.19. The molecule has 1 aliphatic rings. The summed E-state index contributed by atoms with van der Waals surface area (Å²) in [7, 11) is 0. The van der Waals surface area contributed by atoms with Gasteiger partial charge in [0.05, 0.1) is 6.61 Å². The Hall–Kier alpha value is -0.730. The van der Waals surface area contributed by atoms with Gasteiger partial charge in [-0.15, -0.1) is 0 Å². The summed E-state index contributed by atoms with van der Waals surface area (Å²) in [6, 6.07) is 0.339. The summed E-state index contributed by atoms with van der Waals surface area (Å²) in [4.78, 5) is 11.5. The zero-order valence-electron chi connectivity index (χ0n) is 10.8. The Labute approximate surface area is 98.9 Å². The molecule has 1 fully saturated rings. The molecule has 94 valence electrons. The highest BCUT2D eigenvalue weighted by Gasteiger charge is 2.20. The van der Waals surface area contributed by atoms with E-state index in [1.807, 2.05) is 0 Å². The zero-order chi connectivity index (χ0) is 12.0. The van der Waals surface area contributed by atoms with Gasteiger partial charge in [0, 0.05) is 6.04 Å². The van der Waals surface area contributed by atoms with E-state index in [0.29, 0.717) is 12.6 Å². The zero-order valence-corrected chi connectivity index (χ0v) is 10.8. The fraction of sp³-hybridized carbons (Fsp3) is 0.923. The van der Waals surface area contributed by atoms with Crippen LogP contribution < -0.4 is 5.32 Å². The van der Waals surface area contributed by atoms with Crippen LogP contribution in [0, 0.1) is 5.41 Å². The SMILES string of the molecule is CCC(C)(C)COC(=O)NC1CCCCC1. The van der Waals surface area contributed by atoms with Crippen LogP contribution in [0.15, 0.2) is 0 Å². The van der Waals surface area contributed by atoms with Crippen LogP contribution in [0.25, 0.3) is 0 Å². The smallest absolute Gasteiger partial charge is 0.407 e. The minimum absolute atomic E-state index is 0.0872. The third kappa shape index (κ3) is 4.86. The van der Waals surface area contributed by atoms with Crippen LogP contribution >= 0.6 is 0 Å². The monoisotopic (exact) mass is 227 g/mol.